The molecule has 0 spiro atoms. The summed E-state index contributed by atoms with van der Waals surface area (Å²) in [5.74, 6) is -1.77. The summed E-state index contributed by atoms with van der Waals surface area (Å²) in [4.78, 5) is 53.6. The smallest absolute Gasteiger partial charge is 0.408 e. The van der Waals surface area contributed by atoms with Gasteiger partial charge in [0, 0.05) is 12.6 Å². The fourth-order valence-electron chi connectivity index (χ4n) is 3.90. The maximum atomic E-state index is 14.0. The van der Waals surface area contributed by atoms with Gasteiger partial charge in [-0.1, -0.05) is 67.1 Å². The third-order valence-corrected chi connectivity index (χ3v) is 5.94. The minimum Gasteiger partial charge on any atom is -0.444 e. The number of primary amides is 1. The standard InChI is InChI=1S/C29H40N4O5/c1-7-20(3)33(27(36)23(17-24(30)34)32-28(37)38-29(4,5)6)25(22-15-13-19(2)14-16-22)26(35)31-18-21-11-9-8-10-12-21/h8-16,20,23,25H,7,17-18H2,1-6H3,(H2,30,34)(H,31,35)(H,32,37). The van der Waals surface area contributed by atoms with E-state index in [1.54, 1.807) is 32.9 Å². The summed E-state index contributed by atoms with van der Waals surface area (Å²) >= 11 is 0. The van der Waals surface area contributed by atoms with Crippen LogP contribution in [0.15, 0.2) is 54.6 Å². The van der Waals surface area contributed by atoms with E-state index in [1.807, 2.05) is 63.2 Å². The lowest BCUT2D eigenvalue weighted by Gasteiger charge is -2.38. The Bertz CT molecular complexity index is 1100. The highest BCUT2D eigenvalue weighted by molar-refractivity contribution is 5.94. The van der Waals surface area contributed by atoms with Crippen molar-refractivity contribution in [2.75, 3.05) is 0 Å². The fourth-order valence-corrected chi connectivity index (χ4v) is 3.90. The minimum absolute atomic E-state index is 0.269. The number of rotatable bonds is 11. The van der Waals surface area contributed by atoms with Crippen molar-refractivity contribution in [3.05, 3.63) is 71.3 Å². The van der Waals surface area contributed by atoms with Gasteiger partial charge in [0.1, 0.15) is 17.7 Å². The molecule has 0 fully saturated rings. The maximum Gasteiger partial charge on any atom is 0.408 e. The lowest BCUT2D eigenvalue weighted by atomic mass is 9.98. The summed E-state index contributed by atoms with van der Waals surface area (Å²) < 4.78 is 5.31. The van der Waals surface area contributed by atoms with E-state index < -0.39 is 48.1 Å². The molecule has 38 heavy (non-hydrogen) atoms. The summed E-state index contributed by atoms with van der Waals surface area (Å²) in [6, 6.07) is 14.0. The van der Waals surface area contributed by atoms with Gasteiger partial charge in [0.15, 0.2) is 0 Å². The molecule has 0 bridgehead atoms. The van der Waals surface area contributed by atoms with Crippen molar-refractivity contribution in [2.24, 2.45) is 5.73 Å². The second-order valence-corrected chi connectivity index (χ2v) is 10.4. The molecular formula is C29H40N4O5. The number of amides is 4. The largest absolute Gasteiger partial charge is 0.444 e. The number of carbonyl (C=O) groups is 4. The molecule has 2 aromatic carbocycles. The van der Waals surface area contributed by atoms with Crippen molar-refractivity contribution >= 4 is 23.8 Å². The van der Waals surface area contributed by atoms with E-state index >= 15 is 0 Å². The van der Waals surface area contributed by atoms with Gasteiger partial charge in [-0.05, 0) is 52.2 Å². The lowest BCUT2D eigenvalue weighted by molar-refractivity contribution is -0.146. The molecule has 2 rings (SSSR count). The second-order valence-electron chi connectivity index (χ2n) is 10.4. The van der Waals surface area contributed by atoms with Gasteiger partial charge in [0.05, 0.1) is 6.42 Å². The van der Waals surface area contributed by atoms with E-state index in [-0.39, 0.29) is 12.5 Å². The van der Waals surface area contributed by atoms with Crippen LogP contribution in [-0.2, 0) is 25.7 Å². The van der Waals surface area contributed by atoms with E-state index in [9.17, 15) is 19.2 Å². The van der Waals surface area contributed by atoms with Gasteiger partial charge >= 0.3 is 6.09 Å². The zero-order valence-corrected chi connectivity index (χ0v) is 23.1. The molecule has 0 radical (unpaired) electrons. The number of ether oxygens (including phenoxy) is 1. The van der Waals surface area contributed by atoms with Crippen LogP contribution in [0.2, 0.25) is 0 Å². The molecular weight excluding hydrogens is 484 g/mol. The predicted molar refractivity (Wildman–Crippen MR) is 146 cm³/mol. The summed E-state index contributed by atoms with van der Waals surface area (Å²) in [7, 11) is 0. The van der Waals surface area contributed by atoms with Gasteiger partial charge < -0.3 is 26.0 Å². The van der Waals surface area contributed by atoms with Gasteiger partial charge in [0.2, 0.25) is 17.7 Å². The van der Waals surface area contributed by atoms with Crippen molar-refractivity contribution in [2.45, 2.75) is 84.7 Å². The average Bonchev–Trinajstić information content (AvgIpc) is 2.84. The van der Waals surface area contributed by atoms with E-state index in [0.717, 1.165) is 11.1 Å². The van der Waals surface area contributed by atoms with Gasteiger partial charge in [0.25, 0.3) is 0 Å². The topological polar surface area (TPSA) is 131 Å². The van der Waals surface area contributed by atoms with Gasteiger partial charge in [-0.25, -0.2) is 4.79 Å². The maximum absolute atomic E-state index is 14.0. The molecule has 206 valence electrons. The highest BCUT2D eigenvalue weighted by Crippen LogP contribution is 2.27. The van der Waals surface area contributed by atoms with Crippen LogP contribution in [-0.4, -0.2) is 46.4 Å². The van der Waals surface area contributed by atoms with E-state index in [4.69, 9.17) is 10.5 Å². The van der Waals surface area contributed by atoms with Crippen LogP contribution in [0.5, 0.6) is 0 Å². The Morgan fingerprint density at radius 1 is 1.00 bits per heavy atom. The first-order valence-electron chi connectivity index (χ1n) is 12.8. The van der Waals surface area contributed by atoms with Crippen molar-refractivity contribution in [3.63, 3.8) is 0 Å². The molecule has 0 aromatic heterocycles. The molecule has 0 aliphatic heterocycles. The quantitative estimate of drug-likeness (QED) is 0.412. The van der Waals surface area contributed by atoms with E-state index in [0.29, 0.717) is 12.0 Å². The van der Waals surface area contributed by atoms with Gasteiger partial charge in [-0.15, -0.1) is 0 Å². The summed E-state index contributed by atoms with van der Waals surface area (Å²) in [6.45, 7) is 11.0. The number of aryl methyl sites for hydroxylation is 1. The zero-order valence-electron chi connectivity index (χ0n) is 23.1. The third-order valence-electron chi connectivity index (χ3n) is 5.94. The first-order chi connectivity index (χ1) is 17.8. The molecule has 0 saturated heterocycles. The number of nitrogens with two attached hydrogens (primary N) is 1. The number of benzene rings is 2. The van der Waals surface area contributed by atoms with Crippen LogP contribution in [0.4, 0.5) is 4.79 Å². The molecule has 0 aliphatic rings. The molecule has 0 saturated carbocycles. The van der Waals surface area contributed by atoms with Crippen molar-refractivity contribution < 1.29 is 23.9 Å². The number of carbonyl (C=O) groups excluding carboxylic acids is 4. The SMILES string of the molecule is CCC(C)N(C(=O)C(CC(N)=O)NC(=O)OC(C)(C)C)C(C(=O)NCc1ccccc1)c1ccc(C)cc1. The summed E-state index contributed by atoms with van der Waals surface area (Å²) in [5.41, 5.74) is 7.13. The van der Waals surface area contributed by atoms with Crippen LogP contribution < -0.4 is 16.4 Å². The Hall–Kier alpha value is -3.88. The predicted octanol–water partition coefficient (Wildman–Crippen LogP) is 3.75. The highest BCUT2D eigenvalue weighted by atomic mass is 16.6. The first-order valence-corrected chi connectivity index (χ1v) is 12.8. The second kappa shape index (κ2) is 13.6. The molecule has 0 aliphatic carbocycles. The Kier molecular flexibility index (Phi) is 10.9. The fraction of sp³-hybridized carbons (Fsp3) is 0.448. The Labute approximate surface area is 225 Å². The van der Waals surface area contributed by atoms with E-state index in [1.165, 1.54) is 4.90 Å². The third kappa shape index (κ3) is 9.21. The van der Waals surface area contributed by atoms with Gasteiger partial charge in [-0.2, -0.15) is 0 Å². The van der Waals surface area contributed by atoms with Crippen LogP contribution in [0.1, 0.15) is 70.2 Å². The van der Waals surface area contributed by atoms with Crippen molar-refractivity contribution in [1.29, 1.82) is 0 Å². The van der Waals surface area contributed by atoms with Crippen LogP contribution in [0, 0.1) is 6.92 Å². The summed E-state index contributed by atoms with van der Waals surface area (Å²) in [6.07, 6.45) is -0.783. The number of hydrogen-bond acceptors (Lipinski definition) is 5. The Morgan fingerprint density at radius 2 is 1.61 bits per heavy atom. The monoisotopic (exact) mass is 524 g/mol. The Morgan fingerprint density at radius 3 is 2.13 bits per heavy atom. The molecule has 3 unspecified atom stereocenters. The van der Waals surface area contributed by atoms with Crippen molar-refractivity contribution in [1.82, 2.24) is 15.5 Å². The molecule has 9 heteroatoms. The van der Waals surface area contributed by atoms with Crippen LogP contribution in [0.25, 0.3) is 0 Å². The van der Waals surface area contributed by atoms with Crippen LogP contribution >= 0.6 is 0 Å². The van der Waals surface area contributed by atoms with Gasteiger partial charge in [-0.3, -0.25) is 14.4 Å². The molecule has 4 amide bonds. The van der Waals surface area contributed by atoms with E-state index in [2.05, 4.69) is 10.6 Å². The first kappa shape index (κ1) is 30.3. The normalized spacial score (nSPS) is 13.5. The number of nitrogens with one attached hydrogen (secondary N) is 2. The molecule has 3 atom stereocenters. The molecule has 9 nitrogen and oxygen atoms in total. The lowest BCUT2D eigenvalue weighted by Crippen LogP contribution is -2.56. The Balaban J connectivity index is 2.49. The van der Waals surface area contributed by atoms with Crippen molar-refractivity contribution in [3.8, 4) is 0 Å². The highest BCUT2D eigenvalue weighted by Gasteiger charge is 2.39. The number of alkyl carbamates (subject to hydrolysis) is 1. The zero-order chi connectivity index (χ0) is 28.5. The molecule has 2 aromatic rings. The minimum atomic E-state index is -1.31. The number of nitrogens with zero attached hydrogens (tertiary/aromatic N) is 1. The van der Waals surface area contributed by atoms with Crippen LogP contribution in [0.3, 0.4) is 0 Å². The number of hydrogen-bond donors (Lipinski definition) is 3. The average molecular weight is 525 g/mol. The summed E-state index contributed by atoms with van der Waals surface area (Å²) in [5, 5.41) is 5.43. The molecule has 4 N–H and O–H groups in total. The molecule has 0 heterocycles.